The fraction of sp³-hybridized carbons (Fsp3) is 0. The molecule has 0 spiro atoms. The predicted octanol–water partition coefficient (Wildman–Crippen LogP) is 0.123. The molecule has 0 aliphatic heterocycles. The van der Waals surface area contributed by atoms with Crippen molar-refractivity contribution in [2.45, 2.75) is 0 Å². The van der Waals surface area contributed by atoms with E-state index in [0.717, 1.165) is 0 Å². The van der Waals surface area contributed by atoms with Crippen LogP contribution in [0.4, 0.5) is 0 Å². The van der Waals surface area contributed by atoms with E-state index in [1.54, 1.807) is 0 Å². The van der Waals surface area contributed by atoms with Crippen molar-refractivity contribution in [3.8, 4) is 0 Å². The van der Waals surface area contributed by atoms with Gasteiger partial charge in [-0.25, -0.2) is 0 Å². The van der Waals surface area contributed by atoms with Gasteiger partial charge < -0.3 is 0 Å². The van der Waals surface area contributed by atoms with Gasteiger partial charge in [0.15, 0.2) is 0 Å². The first-order valence-electron chi connectivity index (χ1n) is 0. The van der Waals surface area contributed by atoms with Crippen molar-refractivity contribution in [2.75, 3.05) is 0 Å². The van der Waals surface area contributed by atoms with Gasteiger partial charge in [0.2, 0.25) is 0 Å². The summed E-state index contributed by atoms with van der Waals surface area (Å²) in [6, 6.07) is 0. The van der Waals surface area contributed by atoms with Gasteiger partial charge in [-0.15, -0.1) is 37.2 Å². The van der Waals surface area contributed by atoms with E-state index in [-0.39, 0.29) is 126 Å². The normalized spacial score (nSPS) is 0. The minimum absolute atomic E-state index is 0. The Bertz CT molecular complexity index is 6.00. The Hall–Kier alpha value is 3.87. The van der Waals surface area contributed by atoms with E-state index in [0.29, 0.717) is 0 Å². The van der Waals surface area contributed by atoms with Crippen molar-refractivity contribution in [3.05, 3.63) is 0 Å². The molecule has 0 aromatic carbocycles. The Kier molecular flexibility index (Phi) is 317. The molecule has 0 N–H and O–H groups in total. The molecule has 0 fully saturated rings. The van der Waals surface area contributed by atoms with Crippen LogP contribution >= 0.6 is 37.2 Å². The Morgan fingerprint density at radius 1 is 0.333 bits per heavy atom. The van der Waals surface area contributed by atoms with Crippen molar-refractivity contribution >= 4 is 126 Å². The van der Waals surface area contributed by atoms with Crippen LogP contribution in [0, 0.1) is 0 Å². The van der Waals surface area contributed by atoms with Crippen LogP contribution < -0.4 is 0 Å². The summed E-state index contributed by atoms with van der Waals surface area (Å²) in [4.78, 5) is 0. The number of hydrogen-bond donors (Lipinski definition) is 0. The molecular formula is H3Cl3Na3. The Balaban J connectivity index is 0. The predicted molar refractivity (Wildman–Crippen MR) is 39.0 cm³/mol. The molecular weight excluding hydrogens is 175 g/mol. The van der Waals surface area contributed by atoms with Gasteiger partial charge in [-0.2, -0.15) is 0 Å². The third kappa shape index (κ3) is 24.8. The smallest absolute Gasteiger partial charge is 0 e. The fourth-order valence-corrected chi connectivity index (χ4v) is 0. The summed E-state index contributed by atoms with van der Waals surface area (Å²) in [6.07, 6.45) is 0. The summed E-state index contributed by atoms with van der Waals surface area (Å²) in [5, 5.41) is 0. The first kappa shape index (κ1) is 51.8. The maximum atomic E-state index is 0. The van der Waals surface area contributed by atoms with Gasteiger partial charge in [-0.1, -0.05) is 0 Å². The fourth-order valence-electron chi connectivity index (χ4n) is 0. The molecule has 0 aromatic heterocycles. The molecule has 0 unspecified atom stereocenters. The van der Waals surface area contributed by atoms with Crippen molar-refractivity contribution in [3.63, 3.8) is 0 Å². The van der Waals surface area contributed by atoms with Crippen LogP contribution in [0.5, 0.6) is 0 Å². The van der Waals surface area contributed by atoms with Crippen molar-refractivity contribution in [2.24, 2.45) is 0 Å². The number of rotatable bonds is 0. The van der Waals surface area contributed by atoms with Gasteiger partial charge in [0, 0.05) is 88.7 Å². The molecule has 0 atom stereocenters. The van der Waals surface area contributed by atoms with E-state index >= 15 is 0 Å². The maximum absolute atomic E-state index is 0. The zero-order valence-corrected chi connectivity index (χ0v) is 12.7. The van der Waals surface area contributed by atoms with Gasteiger partial charge in [0.05, 0.1) is 0 Å². The van der Waals surface area contributed by atoms with Gasteiger partial charge in [-0.3, -0.25) is 0 Å². The first-order valence-corrected chi connectivity index (χ1v) is 0. The molecule has 0 saturated carbocycles. The van der Waals surface area contributed by atoms with E-state index in [1.807, 2.05) is 0 Å². The largest absolute Gasteiger partial charge is 0.147 e. The van der Waals surface area contributed by atoms with E-state index < -0.39 is 0 Å². The second kappa shape index (κ2) is 36.7. The van der Waals surface area contributed by atoms with Gasteiger partial charge in [-0.05, 0) is 0 Å². The van der Waals surface area contributed by atoms with Gasteiger partial charge >= 0.3 is 0 Å². The van der Waals surface area contributed by atoms with E-state index in [2.05, 4.69) is 0 Å². The second-order valence-corrected chi connectivity index (χ2v) is 0. The van der Waals surface area contributed by atoms with Crippen LogP contribution in [0.1, 0.15) is 0 Å². The van der Waals surface area contributed by atoms with Crippen molar-refractivity contribution in [1.29, 1.82) is 0 Å². The molecule has 6 heavy (non-hydrogen) atoms. The molecule has 3 radical (unpaired) electrons. The summed E-state index contributed by atoms with van der Waals surface area (Å²) in [5.74, 6) is 0. The van der Waals surface area contributed by atoms with Crippen LogP contribution in [-0.2, 0) is 0 Å². The summed E-state index contributed by atoms with van der Waals surface area (Å²) in [7, 11) is 0. The third-order valence-electron chi connectivity index (χ3n) is 0. The molecule has 0 rings (SSSR count). The zero-order valence-electron chi connectivity index (χ0n) is 4.22. The average molecular weight is 178 g/mol. The number of halogens is 3. The van der Waals surface area contributed by atoms with Crippen LogP contribution in [0.15, 0.2) is 0 Å². The molecule has 0 aromatic rings. The Labute approximate surface area is 123 Å². The van der Waals surface area contributed by atoms with Gasteiger partial charge in [0.1, 0.15) is 0 Å². The molecule has 0 aliphatic carbocycles. The average Bonchev–Trinajstić information content (AvgIpc) is 0. The van der Waals surface area contributed by atoms with Crippen molar-refractivity contribution < 1.29 is 0 Å². The quantitative estimate of drug-likeness (QED) is 0.462. The van der Waals surface area contributed by atoms with E-state index in [1.165, 1.54) is 0 Å². The third-order valence-corrected chi connectivity index (χ3v) is 0. The summed E-state index contributed by atoms with van der Waals surface area (Å²) < 4.78 is 0. The molecule has 0 nitrogen and oxygen atoms in total. The summed E-state index contributed by atoms with van der Waals surface area (Å²) in [6.45, 7) is 0. The van der Waals surface area contributed by atoms with Crippen LogP contribution in [0.3, 0.4) is 0 Å². The zero-order chi connectivity index (χ0) is 0. The van der Waals surface area contributed by atoms with E-state index in [9.17, 15) is 0 Å². The Morgan fingerprint density at radius 2 is 0.333 bits per heavy atom. The molecule has 0 saturated heterocycles. The van der Waals surface area contributed by atoms with Crippen LogP contribution in [0.25, 0.3) is 0 Å². The van der Waals surface area contributed by atoms with E-state index in [4.69, 9.17) is 0 Å². The minimum Gasteiger partial charge on any atom is -0.147 e. The Morgan fingerprint density at radius 3 is 0.333 bits per heavy atom. The first-order chi connectivity index (χ1) is 0. The monoisotopic (exact) mass is 177 g/mol. The molecule has 0 bridgehead atoms. The number of hydrogen-bond acceptors (Lipinski definition) is 0. The summed E-state index contributed by atoms with van der Waals surface area (Å²) >= 11 is 0. The standard InChI is InChI=1S/3ClH.3Na/h3*1H;;;. The van der Waals surface area contributed by atoms with Crippen LogP contribution in [-0.4, -0.2) is 88.7 Å². The second-order valence-electron chi connectivity index (χ2n) is 0. The molecule has 0 heterocycles. The maximum Gasteiger partial charge on any atom is 0 e. The van der Waals surface area contributed by atoms with Crippen molar-refractivity contribution in [1.82, 2.24) is 0 Å². The summed E-state index contributed by atoms with van der Waals surface area (Å²) in [5.41, 5.74) is 0. The SMILES string of the molecule is Cl.Cl.Cl.[Na].[Na].[Na]. The molecule has 6 heteroatoms. The van der Waals surface area contributed by atoms with Gasteiger partial charge in [0.25, 0.3) is 0 Å². The molecule has 27 valence electrons. The topological polar surface area (TPSA) is 0 Å². The van der Waals surface area contributed by atoms with Crippen LogP contribution in [0.2, 0.25) is 0 Å². The molecule has 0 amide bonds. The minimum atomic E-state index is 0. The molecule has 0 aliphatic rings.